The van der Waals surface area contributed by atoms with E-state index in [-0.39, 0.29) is 13.2 Å². The Kier molecular flexibility index (Phi) is 6.80. The fraction of sp³-hybridized carbons (Fsp3) is 0.300. The normalized spacial score (nSPS) is 11.0. The molecule has 0 fully saturated rings. The maximum atomic E-state index is 12.5. The number of nitrogens with zero attached hydrogens (tertiary/aromatic N) is 1. The second-order valence-electron chi connectivity index (χ2n) is 6.36. The van der Waals surface area contributed by atoms with Crippen molar-refractivity contribution in [2.24, 2.45) is 0 Å². The van der Waals surface area contributed by atoms with E-state index in [1.165, 1.54) is 12.1 Å². The summed E-state index contributed by atoms with van der Waals surface area (Å²) in [6.45, 7) is 5.23. The summed E-state index contributed by atoms with van der Waals surface area (Å²) in [5.74, 6) is -0.935. The average molecular weight is 404 g/mol. The molecule has 0 radical (unpaired) electrons. The molecule has 1 N–H and O–H groups in total. The minimum Gasteiger partial charge on any atom is -0.462 e. The van der Waals surface area contributed by atoms with E-state index in [0.717, 1.165) is 21.7 Å². The first-order valence-corrected chi connectivity index (χ1v) is 10.6. The van der Waals surface area contributed by atoms with Crippen molar-refractivity contribution in [1.82, 2.24) is 0 Å². The Labute approximate surface area is 165 Å². The smallest absolute Gasteiger partial charge is 0.338 e. The minimum atomic E-state index is -3.66. The molecule has 0 heterocycles. The standard InChI is InChI=1S/C20H24N2O5S/c1-5-27-20(24)16-9-11-17(12-10-16)21-18(23)13-22(28(4,25)26)19-14(2)7-6-8-15(19)3/h6-12H,5,13H2,1-4H3,(H,21,23). The van der Waals surface area contributed by atoms with E-state index in [2.05, 4.69) is 5.32 Å². The Morgan fingerprint density at radius 2 is 1.61 bits per heavy atom. The van der Waals surface area contributed by atoms with Crippen LogP contribution >= 0.6 is 0 Å². The van der Waals surface area contributed by atoms with Gasteiger partial charge in [0.1, 0.15) is 6.54 Å². The lowest BCUT2D eigenvalue weighted by molar-refractivity contribution is -0.114. The summed E-state index contributed by atoms with van der Waals surface area (Å²) in [5, 5.41) is 2.65. The van der Waals surface area contributed by atoms with Gasteiger partial charge in [0.05, 0.1) is 24.1 Å². The third-order valence-corrected chi connectivity index (χ3v) is 5.17. The number of hydrogen-bond donors (Lipinski definition) is 1. The molecule has 2 rings (SSSR count). The lowest BCUT2D eigenvalue weighted by atomic mass is 10.1. The Morgan fingerprint density at radius 3 is 2.11 bits per heavy atom. The van der Waals surface area contributed by atoms with Crippen LogP contribution in [0, 0.1) is 13.8 Å². The van der Waals surface area contributed by atoms with Crippen LogP contribution in [0.15, 0.2) is 42.5 Å². The monoisotopic (exact) mass is 404 g/mol. The van der Waals surface area contributed by atoms with Gasteiger partial charge in [-0.1, -0.05) is 18.2 Å². The highest BCUT2D eigenvalue weighted by atomic mass is 32.2. The van der Waals surface area contributed by atoms with Gasteiger partial charge in [0.2, 0.25) is 15.9 Å². The predicted octanol–water partition coefficient (Wildman–Crippen LogP) is 2.88. The lowest BCUT2D eigenvalue weighted by Crippen LogP contribution is -2.38. The lowest BCUT2D eigenvalue weighted by Gasteiger charge is -2.25. The molecule has 0 saturated heterocycles. The highest BCUT2D eigenvalue weighted by Gasteiger charge is 2.24. The first kappa shape index (κ1) is 21.4. The van der Waals surface area contributed by atoms with Gasteiger partial charge in [-0.25, -0.2) is 13.2 Å². The van der Waals surface area contributed by atoms with Crippen LogP contribution in [0.2, 0.25) is 0 Å². The molecule has 0 aliphatic carbocycles. The van der Waals surface area contributed by atoms with E-state index in [0.29, 0.717) is 16.9 Å². The number of aryl methyl sites for hydroxylation is 2. The Morgan fingerprint density at radius 1 is 1.04 bits per heavy atom. The van der Waals surface area contributed by atoms with Crippen molar-refractivity contribution in [3.8, 4) is 0 Å². The van der Waals surface area contributed by atoms with Crippen molar-refractivity contribution < 1.29 is 22.7 Å². The predicted molar refractivity (Wildman–Crippen MR) is 109 cm³/mol. The van der Waals surface area contributed by atoms with Gasteiger partial charge < -0.3 is 10.1 Å². The molecule has 7 nitrogen and oxygen atoms in total. The quantitative estimate of drug-likeness (QED) is 0.717. The second-order valence-corrected chi connectivity index (χ2v) is 8.26. The zero-order valence-electron chi connectivity index (χ0n) is 16.4. The number of benzene rings is 2. The summed E-state index contributed by atoms with van der Waals surface area (Å²) in [6.07, 6.45) is 1.07. The molecular formula is C20H24N2O5S. The molecule has 0 aliphatic heterocycles. The molecule has 2 aromatic carbocycles. The van der Waals surface area contributed by atoms with E-state index in [9.17, 15) is 18.0 Å². The number of rotatable bonds is 7. The zero-order chi connectivity index (χ0) is 20.9. The molecule has 2 aromatic rings. The van der Waals surface area contributed by atoms with Gasteiger partial charge in [0, 0.05) is 5.69 Å². The van der Waals surface area contributed by atoms with Crippen molar-refractivity contribution in [2.45, 2.75) is 20.8 Å². The number of hydrogen-bond acceptors (Lipinski definition) is 5. The molecule has 0 saturated carbocycles. The van der Waals surface area contributed by atoms with E-state index < -0.39 is 21.9 Å². The summed E-state index contributed by atoms with van der Waals surface area (Å²) in [5.41, 5.74) is 2.84. The first-order chi connectivity index (χ1) is 13.1. The SMILES string of the molecule is CCOC(=O)c1ccc(NC(=O)CN(c2c(C)cccc2C)S(C)(=O)=O)cc1. The number of carbonyl (C=O) groups is 2. The van der Waals surface area contributed by atoms with Crippen LogP contribution in [0.1, 0.15) is 28.4 Å². The number of ether oxygens (including phenoxy) is 1. The Hall–Kier alpha value is -2.87. The van der Waals surface area contributed by atoms with Crippen molar-refractivity contribution in [1.29, 1.82) is 0 Å². The van der Waals surface area contributed by atoms with Gasteiger partial charge >= 0.3 is 5.97 Å². The maximum Gasteiger partial charge on any atom is 0.338 e. The highest BCUT2D eigenvalue weighted by molar-refractivity contribution is 7.92. The van der Waals surface area contributed by atoms with E-state index in [1.807, 2.05) is 6.07 Å². The molecule has 0 aromatic heterocycles. The van der Waals surface area contributed by atoms with Crippen LogP contribution in [0.4, 0.5) is 11.4 Å². The van der Waals surface area contributed by atoms with Crippen LogP contribution < -0.4 is 9.62 Å². The van der Waals surface area contributed by atoms with Crippen LogP contribution in [0.25, 0.3) is 0 Å². The van der Waals surface area contributed by atoms with Crippen molar-refractivity contribution in [3.63, 3.8) is 0 Å². The van der Waals surface area contributed by atoms with Gasteiger partial charge in [0.15, 0.2) is 0 Å². The first-order valence-electron chi connectivity index (χ1n) is 8.74. The molecule has 0 spiro atoms. The molecule has 150 valence electrons. The van der Waals surface area contributed by atoms with Crippen molar-refractivity contribution >= 4 is 33.3 Å². The summed E-state index contributed by atoms with van der Waals surface area (Å²) in [6, 6.07) is 11.6. The Bertz CT molecular complexity index is 948. The van der Waals surface area contributed by atoms with E-state index in [4.69, 9.17) is 4.74 Å². The molecular weight excluding hydrogens is 380 g/mol. The summed E-state index contributed by atoms with van der Waals surface area (Å²) >= 11 is 0. The van der Waals surface area contributed by atoms with Crippen molar-refractivity contribution in [3.05, 3.63) is 59.2 Å². The number of anilines is 2. The second kappa shape index (κ2) is 8.88. The van der Waals surface area contributed by atoms with Gasteiger partial charge in [-0.3, -0.25) is 9.10 Å². The third-order valence-electron chi connectivity index (χ3n) is 4.06. The Balaban J connectivity index is 2.18. The molecule has 1 amide bonds. The fourth-order valence-corrected chi connectivity index (χ4v) is 3.77. The molecule has 8 heteroatoms. The number of amides is 1. The van der Waals surface area contributed by atoms with Crippen LogP contribution in [0.3, 0.4) is 0 Å². The average Bonchev–Trinajstić information content (AvgIpc) is 2.60. The summed E-state index contributed by atoms with van der Waals surface area (Å²) < 4.78 is 30.6. The topological polar surface area (TPSA) is 92.8 Å². The molecule has 0 atom stereocenters. The van der Waals surface area contributed by atoms with Crippen molar-refractivity contribution in [2.75, 3.05) is 29.0 Å². The fourth-order valence-electron chi connectivity index (χ4n) is 2.80. The summed E-state index contributed by atoms with van der Waals surface area (Å²) in [7, 11) is -3.66. The minimum absolute atomic E-state index is 0.275. The van der Waals surface area contributed by atoms with Gasteiger partial charge in [-0.05, 0) is 56.2 Å². The largest absolute Gasteiger partial charge is 0.462 e. The molecule has 0 bridgehead atoms. The molecule has 28 heavy (non-hydrogen) atoms. The van der Waals surface area contributed by atoms with E-state index in [1.54, 1.807) is 45.0 Å². The highest BCUT2D eigenvalue weighted by Crippen LogP contribution is 2.26. The third kappa shape index (κ3) is 5.32. The maximum absolute atomic E-state index is 12.5. The number of esters is 1. The van der Waals surface area contributed by atoms with Crippen LogP contribution in [-0.4, -0.2) is 39.7 Å². The number of para-hydroxylation sites is 1. The number of sulfonamides is 1. The van der Waals surface area contributed by atoms with Gasteiger partial charge in [-0.2, -0.15) is 0 Å². The van der Waals surface area contributed by atoms with Gasteiger partial charge in [0.25, 0.3) is 0 Å². The number of nitrogens with one attached hydrogen (secondary N) is 1. The van der Waals surface area contributed by atoms with Crippen LogP contribution in [0.5, 0.6) is 0 Å². The van der Waals surface area contributed by atoms with Crippen LogP contribution in [-0.2, 0) is 19.6 Å². The number of carbonyl (C=O) groups excluding carboxylic acids is 2. The molecule has 0 unspecified atom stereocenters. The zero-order valence-corrected chi connectivity index (χ0v) is 17.2. The van der Waals surface area contributed by atoms with Gasteiger partial charge in [-0.15, -0.1) is 0 Å². The van der Waals surface area contributed by atoms with E-state index >= 15 is 0 Å². The molecule has 0 aliphatic rings. The summed E-state index contributed by atoms with van der Waals surface area (Å²) in [4.78, 5) is 24.1.